The number of nitrogens with one attached hydrogen (secondary N) is 1. The Morgan fingerprint density at radius 3 is 2.81 bits per heavy atom. The third-order valence-corrected chi connectivity index (χ3v) is 6.06. The molecular weight excluding hydrogens is 378 g/mol. The molecule has 1 saturated heterocycles. The number of carbonyl (C=O) groups is 1. The van der Waals surface area contributed by atoms with Crippen LogP contribution in [0.5, 0.6) is 0 Å². The fourth-order valence-corrected chi connectivity index (χ4v) is 4.38. The molecule has 0 aliphatic carbocycles. The highest BCUT2D eigenvalue weighted by atomic mass is 32.1. The van der Waals surface area contributed by atoms with Crippen LogP contribution in [0.3, 0.4) is 0 Å². The maximum atomic E-state index is 13.2. The second kappa shape index (κ2) is 7.75. The third kappa shape index (κ3) is 3.73. The molecule has 27 heavy (non-hydrogen) atoms. The first-order valence-corrected chi connectivity index (χ1v) is 10.1. The van der Waals surface area contributed by atoms with Crippen LogP contribution in [0.1, 0.15) is 11.6 Å². The lowest BCUT2D eigenvalue weighted by Crippen LogP contribution is -2.50. The zero-order valence-electron chi connectivity index (χ0n) is 15.0. The van der Waals surface area contributed by atoms with Crippen molar-refractivity contribution in [2.45, 2.75) is 12.6 Å². The molecule has 1 N–H and O–H groups in total. The van der Waals surface area contributed by atoms with E-state index in [1.807, 2.05) is 40.6 Å². The van der Waals surface area contributed by atoms with Crippen LogP contribution in [0.25, 0.3) is 10.7 Å². The highest BCUT2D eigenvalue weighted by molar-refractivity contribution is 7.71. The van der Waals surface area contributed by atoms with Gasteiger partial charge in [-0.3, -0.25) is 14.5 Å². The van der Waals surface area contributed by atoms with E-state index >= 15 is 0 Å². The van der Waals surface area contributed by atoms with Crippen LogP contribution in [0.15, 0.2) is 47.8 Å². The summed E-state index contributed by atoms with van der Waals surface area (Å²) in [6.07, 6.45) is 0. The van der Waals surface area contributed by atoms with E-state index in [1.165, 1.54) is 0 Å². The summed E-state index contributed by atoms with van der Waals surface area (Å²) in [5.41, 5.74) is 1.16. The predicted octanol–water partition coefficient (Wildman–Crippen LogP) is 3.18. The molecule has 1 atom stereocenters. The summed E-state index contributed by atoms with van der Waals surface area (Å²) in [5, 5.41) is 9.14. The SMILES string of the molecule is CN1CCN(C(=O)Cn2c(-c3cccs3)n[nH]c2=S)C(c2ccccc2)C1. The first-order valence-electron chi connectivity index (χ1n) is 8.85. The van der Waals surface area contributed by atoms with E-state index in [1.54, 1.807) is 15.9 Å². The molecule has 1 aromatic carbocycles. The smallest absolute Gasteiger partial charge is 0.243 e. The summed E-state index contributed by atoms with van der Waals surface area (Å²) in [6.45, 7) is 2.58. The molecule has 3 aromatic rings. The average molecular weight is 400 g/mol. The summed E-state index contributed by atoms with van der Waals surface area (Å²) < 4.78 is 2.27. The van der Waals surface area contributed by atoms with Gasteiger partial charge >= 0.3 is 0 Å². The van der Waals surface area contributed by atoms with E-state index in [9.17, 15) is 4.79 Å². The van der Waals surface area contributed by atoms with Crippen LogP contribution in [-0.2, 0) is 11.3 Å². The minimum atomic E-state index is 0.0451. The minimum absolute atomic E-state index is 0.0451. The molecule has 1 unspecified atom stereocenters. The van der Waals surface area contributed by atoms with E-state index in [0.717, 1.165) is 23.5 Å². The lowest BCUT2D eigenvalue weighted by atomic mass is 10.0. The molecule has 0 bridgehead atoms. The van der Waals surface area contributed by atoms with Crippen molar-refractivity contribution in [3.8, 4) is 10.7 Å². The van der Waals surface area contributed by atoms with Crippen molar-refractivity contribution in [3.05, 3.63) is 58.2 Å². The third-order valence-electron chi connectivity index (χ3n) is 4.88. The van der Waals surface area contributed by atoms with Gasteiger partial charge in [0.15, 0.2) is 10.6 Å². The number of thiophene rings is 1. The molecule has 8 heteroatoms. The van der Waals surface area contributed by atoms with Gasteiger partial charge in [-0.15, -0.1) is 11.3 Å². The van der Waals surface area contributed by atoms with Gasteiger partial charge < -0.3 is 9.80 Å². The number of amides is 1. The maximum Gasteiger partial charge on any atom is 0.243 e. The molecule has 6 nitrogen and oxygen atoms in total. The Morgan fingerprint density at radius 1 is 1.26 bits per heavy atom. The molecule has 140 valence electrons. The summed E-state index contributed by atoms with van der Waals surface area (Å²) in [4.78, 5) is 18.5. The fourth-order valence-electron chi connectivity index (χ4n) is 3.46. The van der Waals surface area contributed by atoms with E-state index in [4.69, 9.17) is 12.2 Å². The van der Waals surface area contributed by atoms with Crippen molar-refractivity contribution in [3.63, 3.8) is 0 Å². The number of hydrogen-bond acceptors (Lipinski definition) is 5. The van der Waals surface area contributed by atoms with Gasteiger partial charge in [0.25, 0.3) is 0 Å². The van der Waals surface area contributed by atoms with Crippen LogP contribution in [0, 0.1) is 4.77 Å². The van der Waals surface area contributed by atoms with Crippen molar-refractivity contribution in [2.75, 3.05) is 26.7 Å². The zero-order valence-corrected chi connectivity index (χ0v) is 16.7. The number of piperazine rings is 1. The number of rotatable bonds is 4. The molecule has 0 saturated carbocycles. The van der Waals surface area contributed by atoms with Crippen molar-refractivity contribution in [2.24, 2.45) is 0 Å². The van der Waals surface area contributed by atoms with Crippen LogP contribution >= 0.6 is 23.6 Å². The number of H-pyrrole nitrogens is 1. The normalized spacial score (nSPS) is 18.0. The van der Waals surface area contributed by atoms with Gasteiger partial charge in [0.2, 0.25) is 5.91 Å². The molecule has 1 aliphatic heterocycles. The Balaban J connectivity index is 1.61. The van der Waals surface area contributed by atoms with Gasteiger partial charge in [-0.2, -0.15) is 5.10 Å². The fraction of sp³-hybridized carbons (Fsp3) is 0.316. The summed E-state index contributed by atoms with van der Waals surface area (Å²) in [6, 6.07) is 14.2. The van der Waals surface area contributed by atoms with Crippen LogP contribution in [0.2, 0.25) is 0 Å². The quantitative estimate of drug-likeness (QED) is 0.685. The van der Waals surface area contributed by atoms with Crippen molar-refractivity contribution >= 4 is 29.5 Å². The topological polar surface area (TPSA) is 57.2 Å². The van der Waals surface area contributed by atoms with Gasteiger partial charge in [0.05, 0.1) is 10.9 Å². The molecule has 0 radical (unpaired) electrons. The second-order valence-electron chi connectivity index (χ2n) is 6.69. The summed E-state index contributed by atoms with van der Waals surface area (Å²) in [7, 11) is 2.10. The Bertz CT molecular complexity index is 964. The van der Waals surface area contributed by atoms with Crippen molar-refractivity contribution < 1.29 is 4.79 Å². The number of aromatic amines is 1. The van der Waals surface area contributed by atoms with Gasteiger partial charge in [-0.25, -0.2) is 0 Å². The molecule has 0 spiro atoms. The number of nitrogens with zero attached hydrogens (tertiary/aromatic N) is 4. The van der Waals surface area contributed by atoms with E-state index < -0.39 is 0 Å². The van der Waals surface area contributed by atoms with E-state index in [2.05, 4.69) is 34.3 Å². The number of likely N-dealkylation sites (N-methyl/N-ethyl adjacent to an activating group) is 1. The van der Waals surface area contributed by atoms with Crippen LogP contribution in [0.4, 0.5) is 0 Å². The number of aromatic nitrogens is 3. The highest BCUT2D eigenvalue weighted by Crippen LogP contribution is 2.27. The Labute approximate surface area is 167 Å². The van der Waals surface area contributed by atoms with Crippen molar-refractivity contribution in [1.29, 1.82) is 0 Å². The summed E-state index contributed by atoms with van der Waals surface area (Å²) in [5.74, 6) is 0.779. The van der Waals surface area contributed by atoms with Gasteiger partial charge in [-0.05, 0) is 36.3 Å². The van der Waals surface area contributed by atoms with Crippen LogP contribution < -0.4 is 0 Å². The largest absolute Gasteiger partial charge is 0.332 e. The molecule has 1 amide bonds. The predicted molar refractivity (Wildman–Crippen MR) is 109 cm³/mol. The number of benzene rings is 1. The average Bonchev–Trinajstić information content (AvgIpc) is 3.33. The van der Waals surface area contributed by atoms with Crippen molar-refractivity contribution in [1.82, 2.24) is 24.6 Å². The lowest BCUT2D eigenvalue weighted by molar-refractivity contribution is -0.136. The van der Waals surface area contributed by atoms with E-state index in [-0.39, 0.29) is 18.5 Å². The van der Waals surface area contributed by atoms with Gasteiger partial charge in [0, 0.05) is 19.6 Å². The highest BCUT2D eigenvalue weighted by Gasteiger charge is 2.30. The first-order chi connectivity index (χ1) is 13.1. The molecule has 3 heterocycles. The summed E-state index contributed by atoms with van der Waals surface area (Å²) >= 11 is 6.96. The second-order valence-corrected chi connectivity index (χ2v) is 8.03. The lowest BCUT2D eigenvalue weighted by Gasteiger charge is -2.40. The monoisotopic (exact) mass is 399 g/mol. The maximum absolute atomic E-state index is 13.2. The molecule has 4 rings (SSSR count). The minimum Gasteiger partial charge on any atom is -0.332 e. The Morgan fingerprint density at radius 2 is 2.07 bits per heavy atom. The number of hydrogen-bond donors (Lipinski definition) is 1. The molecule has 2 aromatic heterocycles. The zero-order chi connectivity index (χ0) is 18.8. The standard InChI is InChI=1S/C19H21N5OS2/c1-22-9-10-23(15(12-22)14-6-3-2-4-7-14)17(25)13-24-18(20-21-19(24)26)16-8-5-11-27-16/h2-8,11,15H,9-10,12-13H2,1H3,(H,21,26). The Kier molecular flexibility index (Phi) is 5.20. The van der Waals surface area contributed by atoms with Gasteiger partial charge in [-0.1, -0.05) is 36.4 Å². The van der Waals surface area contributed by atoms with E-state index in [0.29, 0.717) is 17.1 Å². The Hall–Kier alpha value is -2.29. The van der Waals surface area contributed by atoms with Gasteiger partial charge in [0.1, 0.15) is 6.54 Å². The molecule has 1 aliphatic rings. The molecule has 1 fully saturated rings. The number of carbonyl (C=O) groups excluding carboxylic acids is 1. The van der Waals surface area contributed by atoms with Crippen LogP contribution in [-0.4, -0.2) is 57.2 Å². The first kappa shape index (κ1) is 18.1. The molecular formula is C19H21N5OS2.